The van der Waals surface area contributed by atoms with Gasteiger partial charge in [-0.25, -0.2) is 0 Å². The maximum Gasteiger partial charge on any atom is 0.0461 e. The van der Waals surface area contributed by atoms with E-state index in [-0.39, 0.29) is 0 Å². The highest BCUT2D eigenvalue weighted by molar-refractivity contribution is 5.76. The molecule has 0 fully saturated rings. The smallest absolute Gasteiger partial charge is 0.0461 e. The number of hydrogen-bond acceptors (Lipinski definition) is 1. The van der Waals surface area contributed by atoms with E-state index >= 15 is 0 Å². The van der Waals surface area contributed by atoms with E-state index < -0.39 is 0 Å². The molecule has 0 unspecified atom stereocenters. The Labute approximate surface area is 126 Å². The van der Waals surface area contributed by atoms with Gasteiger partial charge in [0.05, 0.1) is 0 Å². The van der Waals surface area contributed by atoms with E-state index in [2.05, 4.69) is 90.9 Å². The fourth-order valence-electron chi connectivity index (χ4n) is 2.18. The van der Waals surface area contributed by atoms with Crippen molar-refractivity contribution in [2.45, 2.75) is 0 Å². The molecule has 3 aromatic carbocycles. The van der Waals surface area contributed by atoms with Crippen LogP contribution < -0.4 is 4.90 Å². The molecule has 0 atom stereocenters. The molecule has 0 aliphatic heterocycles. The highest BCUT2D eigenvalue weighted by Crippen LogP contribution is 2.33. The standard InChI is InChI=1S/C18H15N.C2H4/c1-4-10-16(11-5-1)19(17-12-6-2-7-13-17)18-14-8-3-9-15-18;1-2/h1-15H;1-2H2. The van der Waals surface area contributed by atoms with Gasteiger partial charge in [-0.3, -0.25) is 0 Å². The first-order valence-corrected chi connectivity index (χ1v) is 6.90. The first-order valence-electron chi connectivity index (χ1n) is 6.90. The fraction of sp³-hybridized carbons (Fsp3) is 0. The molecule has 3 rings (SSSR count). The zero-order valence-electron chi connectivity index (χ0n) is 12.0. The van der Waals surface area contributed by atoms with Gasteiger partial charge in [-0.2, -0.15) is 0 Å². The van der Waals surface area contributed by atoms with Crippen LogP contribution in [0, 0.1) is 0 Å². The summed E-state index contributed by atoms with van der Waals surface area (Å²) >= 11 is 0. The molecule has 104 valence electrons. The van der Waals surface area contributed by atoms with Crippen LogP contribution in [0.25, 0.3) is 0 Å². The average molecular weight is 273 g/mol. The van der Waals surface area contributed by atoms with Crippen LogP contribution in [0.5, 0.6) is 0 Å². The molecule has 0 spiro atoms. The zero-order valence-corrected chi connectivity index (χ0v) is 12.0. The van der Waals surface area contributed by atoms with Gasteiger partial charge in [-0.1, -0.05) is 54.6 Å². The summed E-state index contributed by atoms with van der Waals surface area (Å²) in [5.41, 5.74) is 3.50. The van der Waals surface area contributed by atoms with E-state index in [1.54, 1.807) is 0 Å². The molecule has 1 nitrogen and oxygen atoms in total. The Morgan fingerprint density at radius 1 is 0.429 bits per heavy atom. The van der Waals surface area contributed by atoms with Crippen molar-refractivity contribution in [2.24, 2.45) is 0 Å². The van der Waals surface area contributed by atoms with E-state index in [0.29, 0.717) is 0 Å². The Morgan fingerprint density at radius 2 is 0.667 bits per heavy atom. The van der Waals surface area contributed by atoms with Crippen LogP contribution in [0.3, 0.4) is 0 Å². The van der Waals surface area contributed by atoms with Crippen molar-refractivity contribution in [3.8, 4) is 0 Å². The molecule has 1 heteroatoms. The van der Waals surface area contributed by atoms with Crippen LogP contribution in [-0.4, -0.2) is 0 Å². The van der Waals surface area contributed by atoms with E-state index in [9.17, 15) is 0 Å². The molecule has 0 aliphatic rings. The van der Waals surface area contributed by atoms with Crippen molar-refractivity contribution in [1.82, 2.24) is 0 Å². The molecule has 0 saturated heterocycles. The number of anilines is 3. The second-order valence-corrected chi connectivity index (χ2v) is 4.34. The zero-order chi connectivity index (χ0) is 14.9. The Balaban J connectivity index is 0.000000774. The lowest BCUT2D eigenvalue weighted by Gasteiger charge is -2.25. The van der Waals surface area contributed by atoms with E-state index in [4.69, 9.17) is 0 Å². The van der Waals surface area contributed by atoms with Gasteiger partial charge in [0.25, 0.3) is 0 Å². The molecule has 0 aliphatic carbocycles. The Morgan fingerprint density at radius 3 is 0.905 bits per heavy atom. The van der Waals surface area contributed by atoms with Crippen molar-refractivity contribution in [2.75, 3.05) is 4.90 Å². The highest BCUT2D eigenvalue weighted by Gasteiger charge is 2.10. The molecule has 0 N–H and O–H groups in total. The number of benzene rings is 3. The van der Waals surface area contributed by atoms with Gasteiger partial charge in [-0.05, 0) is 36.4 Å². The molecule has 3 aromatic rings. The average Bonchev–Trinajstić information content (AvgIpc) is 2.60. The number of hydrogen-bond donors (Lipinski definition) is 0. The van der Waals surface area contributed by atoms with Crippen LogP contribution >= 0.6 is 0 Å². The minimum atomic E-state index is 1.17. The maximum atomic E-state index is 3.00. The molecule has 0 saturated carbocycles. The quantitative estimate of drug-likeness (QED) is 0.532. The molecule has 0 amide bonds. The molecular weight excluding hydrogens is 254 g/mol. The maximum absolute atomic E-state index is 3.00. The molecule has 0 heterocycles. The summed E-state index contributed by atoms with van der Waals surface area (Å²) in [5, 5.41) is 0. The predicted molar refractivity (Wildman–Crippen MR) is 92.4 cm³/mol. The molecular formula is C20H19N. The van der Waals surface area contributed by atoms with Crippen molar-refractivity contribution < 1.29 is 0 Å². The van der Waals surface area contributed by atoms with E-state index in [1.807, 2.05) is 18.2 Å². The number of nitrogens with zero attached hydrogens (tertiary/aromatic N) is 1. The number of para-hydroxylation sites is 3. The van der Waals surface area contributed by atoms with Gasteiger partial charge in [0.1, 0.15) is 0 Å². The minimum absolute atomic E-state index is 1.17. The van der Waals surface area contributed by atoms with Crippen molar-refractivity contribution in [3.63, 3.8) is 0 Å². The summed E-state index contributed by atoms with van der Waals surface area (Å²) in [5.74, 6) is 0. The lowest BCUT2D eigenvalue weighted by molar-refractivity contribution is 1.28. The highest BCUT2D eigenvalue weighted by atomic mass is 15.1. The van der Waals surface area contributed by atoms with Gasteiger partial charge in [0.15, 0.2) is 0 Å². The van der Waals surface area contributed by atoms with Gasteiger partial charge >= 0.3 is 0 Å². The summed E-state index contributed by atoms with van der Waals surface area (Å²) in [7, 11) is 0. The van der Waals surface area contributed by atoms with Crippen molar-refractivity contribution in [1.29, 1.82) is 0 Å². The lowest BCUT2D eigenvalue weighted by Crippen LogP contribution is -2.09. The topological polar surface area (TPSA) is 3.24 Å². The normalized spacial score (nSPS) is 9.33. The van der Waals surface area contributed by atoms with Gasteiger partial charge in [0, 0.05) is 17.1 Å². The van der Waals surface area contributed by atoms with Gasteiger partial charge < -0.3 is 4.90 Å². The fourth-order valence-corrected chi connectivity index (χ4v) is 2.18. The van der Waals surface area contributed by atoms with Crippen molar-refractivity contribution >= 4 is 17.1 Å². The minimum Gasteiger partial charge on any atom is -0.311 e. The van der Waals surface area contributed by atoms with Crippen molar-refractivity contribution in [3.05, 3.63) is 104 Å². The molecule has 0 bridgehead atoms. The van der Waals surface area contributed by atoms with Crippen LogP contribution in [0.15, 0.2) is 104 Å². The van der Waals surface area contributed by atoms with E-state index in [1.165, 1.54) is 17.1 Å². The van der Waals surface area contributed by atoms with Crippen LogP contribution in [-0.2, 0) is 0 Å². The summed E-state index contributed by atoms with van der Waals surface area (Å²) in [6.45, 7) is 6.00. The van der Waals surface area contributed by atoms with E-state index in [0.717, 1.165) is 0 Å². The summed E-state index contributed by atoms with van der Waals surface area (Å²) in [6, 6.07) is 31.3. The Kier molecular flexibility index (Phi) is 5.36. The van der Waals surface area contributed by atoms with Crippen LogP contribution in [0.2, 0.25) is 0 Å². The second-order valence-electron chi connectivity index (χ2n) is 4.34. The molecule has 0 aromatic heterocycles. The lowest BCUT2D eigenvalue weighted by atomic mass is 10.2. The first-order chi connectivity index (χ1) is 10.4. The first kappa shape index (κ1) is 14.6. The predicted octanol–water partition coefficient (Wildman–Crippen LogP) is 5.96. The summed E-state index contributed by atoms with van der Waals surface area (Å²) in [4.78, 5) is 2.25. The third kappa shape index (κ3) is 3.61. The van der Waals surface area contributed by atoms with Gasteiger partial charge in [-0.15, -0.1) is 13.2 Å². The SMILES string of the molecule is C=C.c1ccc(N(c2ccccc2)c2ccccc2)cc1. The third-order valence-electron chi connectivity index (χ3n) is 3.04. The largest absolute Gasteiger partial charge is 0.311 e. The second kappa shape index (κ2) is 7.71. The third-order valence-corrected chi connectivity index (χ3v) is 3.04. The molecule has 21 heavy (non-hydrogen) atoms. The van der Waals surface area contributed by atoms with Crippen LogP contribution in [0.1, 0.15) is 0 Å². The van der Waals surface area contributed by atoms with Crippen LogP contribution in [0.4, 0.5) is 17.1 Å². The monoisotopic (exact) mass is 273 g/mol. The van der Waals surface area contributed by atoms with Gasteiger partial charge in [0.2, 0.25) is 0 Å². The Bertz CT molecular complexity index is 539. The molecule has 0 radical (unpaired) electrons. The summed E-state index contributed by atoms with van der Waals surface area (Å²) < 4.78 is 0. The number of rotatable bonds is 3. The Hall–Kier alpha value is -2.80. The summed E-state index contributed by atoms with van der Waals surface area (Å²) in [6.07, 6.45) is 0.